The van der Waals surface area contributed by atoms with Gasteiger partial charge in [-0.3, -0.25) is 4.79 Å². The van der Waals surface area contributed by atoms with Crippen LogP contribution >= 0.6 is 0 Å². The minimum atomic E-state index is -0.405. The van der Waals surface area contributed by atoms with Gasteiger partial charge < -0.3 is 19.8 Å². The lowest BCUT2D eigenvalue weighted by molar-refractivity contribution is 0.0947. The number of nitrogens with zero attached hydrogens (tertiary/aromatic N) is 3. The van der Waals surface area contributed by atoms with E-state index in [-0.39, 0.29) is 5.91 Å². The summed E-state index contributed by atoms with van der Waals surface area (Å²) in [6, 6.07) is 3.37. The van der Waals surface area contributed by atoms with Crippen molar-refractivity contribution < 1.29 is 14.3 Å². The number of amides is 1. The molecule has 0 spiro atoms. The smallest absolute Gasteiger partial charge is 0.267 e. The number of terminal acetylenes is 1. The Kier molecular flexibility index (Phi) is 4.57. The van der Waals surface area contributed by atoms with Gasteiger partial charge in [0.2, 0.25) is 5.88 Å². The molecule has 2 N–H and O–H groups in total. The molecule has 25 heavy (non-hydrogen) atoms. The van der Waals surface area contributed by atoms with Crippen LogP contribution in [0.4, 0.5) is 0 Å². The van der Waals surface area contributed by atoms with Crippen molar-refractivity contribution in [2.75, 3.05) is 20.8 Å². The lowest BCUT2D eigenvalue weighted by atomic mass is 10.0. The third-order valence-electron chi connectivity index (χ3n) is 4.08. The van der Waals surface area contributed by atoms with E-state index in [1.54, 1.807) is 19.2 Å². The van der Waals surface area contributed by atoms with Crippen LogP contribution in [-0.4, -0.2) is 42.3 Å². The quantitative estimate of drug-likeness (QED) is 0.719. The number of H-pyrrole nitrogens is 1. The predicted molar refractivity (Wildman–Crippen MR) is 91.8 cm³/mol. The molecule has 2 aromatic heterocycles. The largest absolute Gasteiger partial charge is 0.496 e. The summed E-state index contributed by atoms with van der Waals surface area (Å²) < 4.78 is 10.5. The molecule has 0 aromatic carbocycles. The van der Waals surface area contributed by atoms with Gasteiger partial charge in [0.05, 0.1) is 19.6 Å². The van der Waals surface area contributed by atoms with Crippen molar-refractivity contribution in [1.29, 1.82) is 0 Å². The topological polar surface area (TPSA) is 101 Å². The van der Waals surface area contributed by atoms with Gasteiger partial charge in [-0.25, -0.2) is 0 Å². The maximum atomic E-state index is 12.4. The molecule has 8 nitrogen and oxygen atoms in total. The summed E-state index contributed by atoms with van der Waals surface area (Å²) in [5, 5.41) is 11.7. The van der Waals surface area contributed by atoms with Crippen molar-refractivity contribution in [2.45, 2.75) is 24.9 Å². The van der Waals surface area contributed by atoms with Crippen LogP contribution in [0.15, 0.2) is 22.4 Å². The predicted octanol–water partition coefficient (Wildman–Crippen LogP) is 2.28. The third kappa shape index (κ3) is 3.55. The molecule has 1 amide bonds. The number of carbonyl (C=O) groups is 1. The summed E-state index contributed by atoms with van der Waals surface area (Å²) in [5.41, 5.74) is 0.522. The highest BCUT2D eigenvalue weighted by Crippen LogP contribution is 2.36. The number of pyridine rings is 1. The zero-order valence-corrected chi connectivity index (χ0v) is 14.1. The number of ether oxygens (including phenoxy) is 2. The van der Waals surface area contributed by atoms with Crippen LogP contribution in [-0.2, 0) is 0 Å². The van der Waals surface area contributed by atoms with E-state index in [4.69, 9.17) is 15.9 Å². The van der Waals surface area contributed by atoms with Crippen molar-refractivity contribution in [3.8, 4) is 24.0 Å². The second-order valence-electron chi connectivity index (χ2n) is 5.70. The van der Waals surface area contributed by atoms with E-state index in [1.165, 1.54) is 7.11 Å². The van der Waals surface area contributed by atoms with E-state index in [9.17, 15) is 4.79 Å². The van der Waals surface area contributed by atoms with Crippen LogP contribution in [0.3, 0.4) is 0 Å². The second-order valence-corrected chi connectivity index (χ2v) is 5.70. The Morgan fingerprint density at radius 3 is 2.76 bits per heavy atom. The summed E-state index contributed by atoms with van der Waals surface area (Å²) in [6.07, 6.45) is 7.24. The molecule has 0 radical (unpaired) electrons. The van der Waals surface area contributed by atoms with Gasteiger partial charge in [0.15, 0.2) is 5.66 Å². The van der Waals surface area contributed by atoms with Crippen LogP contribution in [0.2, 0.25) is 0 Å². The van der Waals surface area contributed by atoms with Gasteiger partial charge in [-0.05, 0) is 6.07 Å². The van der Waals surface area contributed by atoms with Gasteiger partial charge in [-0.2, -0.15) is 15.2 Å². The van der Waals surface area contributed by atoms with Crippen molar-refractivity contribution in [3.05, 3.63) is 17.8 Å². The van der Waals surface area contributed by atoms with Crippen LogP contribution in [0, 0.1) is 12.3 Å². The number of methoxy groups -OCH3 is 2. The number of carbonyl (C=O) groups excluding carboxylic acids is 1. The van der Waals surface area contributed by atoms with Crippen molar-refractivity contribution >= 4 is 16.9 Å². The molecule has 0 atom stereocenters. The molecule has 0 aliphatic carbocycles. The lowest BCUT2D eigenvalue weighted by Gasteiger charge is -2.09. The van der Waals surface area contributed by atoms with E-state index in [2.05, 4.69) is 31.4 Å². The summed E-state index contributed by atoms with van der Waals surface area (Å²) in [5.74, 6) is 3.34. The highest BCUT2D eigenvalue weighted by molar-refractivity contribution is 5.98. The molecule has 130 valence electrons. The standard InChI is InChI=1S/C17H19N5O3/c1-4-5-6-17(21-22-17)7-8-18-16(23)12-9-11-13(24-2)10-14(25-3)20-15(11)19-12/h1,9-10H,5-8H2,2-3H3,(H,18,23)(H,19,20). The number of hydrogen-bond acceptors (Lipinski definition) is 6. The number of hydrogen-bond donors (Lipinski definition) is 2. The molecular weight excluding hydrogens is 322 g/mol. The van der Waals surface area contributed by atoms with E-state index in [0.29, 0.717) is 54.2 Å². The SMILES string of the molecule is C#CCCC1(CCNC(=O)c2cc3c(OC)cc(OC)nc3[nH]2)N=N1. The van der Waals surface area contributed by atoms with Crippen molar-refractivity contribution in [1.82, 2.24) is 15.3 Å². The summed E-state index contributed by atoms with van der Waals surface area (Å²) in [7, 11) is 3.08. The number of nitrogens with one attached hydrogen (secondary N) is 2. The van der Waals surface area contributed by atoms with Crippen molar-refractivity contribution in [2.24, 2.45) is 10.2 Å². The minimum Gasteiger partial charge on any atom is -0.496 e. The average Bonchev–Trinajstić information content (AvgIpc) is 3.26. The van der Waals surface area contributed by atoms with Gasteiger partial charge in [-0.15, -0.1) is 12.3 Å². The van der Waals surface area contributed by atoms with Crippen LogP contribution in [0.5, 0.6) is 11.6 Å². The molecule has 0 saturated carbocycles. The van der Waals surface area contributed by atoms with Gasteiger partial charge in [0.25, 0.3) is 5.91 Å². The van der Waals surface area contributed by atoms with E-state index >= 15 is 0 Å². The minimum absolute atomic E-state index is 0.230. The first-order chi connectivity index (χ1) is 12.1. The first kappa shape index (κ1) is 16.8. The highest BCUT2D eigenvalue weighted by atomic mass is 16.5. The van der Waals surface area contributed by atoms with Gasteiger partial charge in [0, 0.05) is 31.9 Å². The van der Waals surface area contributed by atoms with E-state index in [0.717, 1.165) is 0 Å². The molecule has 1 aliphatic rings. The molecule has 0 bridgehead atoms. The summed E-state index contributed by atoms with van der Waals surface area (Å²) >= 11 is 0. The molecule has 1 aliphatic heterocycles. The number of rotatable bonds is 8. The molecule has 8 heteroatoms. The van der Waals surface area contributed by atoms with Gasteiger partial charge >= 0.3 is 0 Å². The first-order valence-corrected chi connectivity index (χ1v) is 7.88. The molecule has 3 heterocycles. The zero-order valence-electron chi connectivity index (χ0n) is 14.1. The fraction of sp³-hybridized carbons (Fsp3) is 0.412. The molecule has 3 rings (SSSR count). The fourth-order valence-electron chi connectivity index (χ4n) is 2.59. The average molecular weight is 341 g/mol. The third-order valence-corrected chi connectivity index (χ3v) is 4.08. The van der Waals surface area contributed by atoms with Crippen molar-refractivity contribution in [3.63, 3.8) is 0 Å². The molecule has 0 saturated heterocycles. The lowest BCUT2D eigenvalue weighted by Crippen LogP contribution is -2.28. The normalized spacial score (nSPS) is 14.1. The maximum Gasteiger partial charge on any atom is 0.267 e. The van der Waals surface area contributed by atoms with E-state index < -0.39 is 5.66 Å². The molecule has 0 unspecified atom stereocenters. The van der Waals surface area contributed by atoms with Crippen LogP contribution < -0.4 is 14.8 Å². The van der Waals surface area contributed by atoms with Crippen LogP contribution in [0.25, 0.3) is 11.0 Å². The van der Waals surface area contributed by atoms with E-state index in [1.807, 2.05) is 0 Å². The first-order valence-electron chi connectivity index (χ1n) is 7.88. The highest BCUT2D eigenvalue weighted by Gasteiger charge is 2.38. The Morgan fingerprint density at radius 2 is 2.12 bits per heavy atom. The van der Waals surface area contributed by atoms with Gasteiger partial charge in [0.1, 0.15) is 17.1 Å². The Balaban J connectivity index is 1.65. The molecular formula is C17H19N5O3. The Morgan fingerprint density at radius 1 is 1.32 bits per heavy atom. The van der Waals surface area contributed by atoms with Crippen LogP contribution in [0.1, 0.15) is 29.8 Å². The monoisotopic (exact) mass is 341 g/mol. The Bertz CT molecular complexity index is 859. The Labute approximate surface area is 145 Å². The van der Waals surface area contributed by atoms with Gasteiger partial charge in [-0.1, -0.05) is 0 Å². The summed E-state index contributed by atoms with van der Waals surface area (Å²) in [4.78, 5) is 19.6. The molecule has 0 fully saturated rings. The summed E-state index contributed by atoms with van der Waals surface area (Å²) in [6.45, 7) is 0.458. The molecule has 2 aromatic rings. The second kappa shape index (κ2) is 6.81. The zero-order chi connectivity index (χ0) is 17.9. The number of fused-ring (bicyclic) bond motifs is 1. The Hall–Kier alpha value is -3.08. The maximum absolute atomic E-state index is 12.4. The number of aromatic nitrogens is 2. The number of aromatic amines is 1. The fourth-order valence-corrected chi connectivity index (χ4v) is 2.59.